The highest BCUT2D eigenvalue weighted by Crippen LogP contribution is 2.43. The Bertz CT molecular complexity index is 720. The minimum absolute atomic E-state index is 0.0555. The van der Waals surface area contributed by atoms with Crippen molar-refractivity contribution < 1.29 is 24.6 Å². The Balaban J connectivity index is 0.000000277. The number of carboxylic acid groups (broad SMARTS) is 2. The van der Waals surface area contributed by atoms with Crippen molar-refractivity contribution in [3.8, 4) is 0 Å². The zero-order valence-corrected chi connectivity index (χ0v) is 12.6. The zero-order chi connectivity index (χ0) is 16.8. The van der Waals surface area contributed by atoms with E-state index in [1.54, 1.807) is 11.8 Å². The lowest BCUT2D eigenvalue weighted by atomic mass is 10.1. The number of anilines is 1. The first-order chi connectivity index (χ1) is 11.0. The molecule has 7 heteroatoms. The van der Waals surface area contributed by atoms with E-state index in [9.17, 15) is 4.79 Å². The van der Waals surface area contributed by atoms with E-state index in [-0.39, 0.29) is 11.2 Å². The van der Waals surface area contributed by atoms with Gasteiger partial charge in [0.05, 0.1) is 5.69 Å². The maximum atomic E-state index is 12.0. The highest BCUT2D eigenvalue weighted by atomic mass is 32.2. The van der Waals surface area contributed by atoms with Crippen LogP contribution in [0.1, 0.15) is 10.8 Å². The number of carboxylic acids is 2. The van der Waals surface area contributed by atoms with Crippen molar-refractivity contribution in [2.45, 2.75) is 10.1 Å². The Labute approximate surface area is 136 Å². The predicted molar refractivity (Wildman–Crippen MR) is 85.4 cm³/mol. The SMILES string of the molecule is O=C(O)C(=O)O.O=C1Nc2ccccc2SC1c1ccccc1. The van der Waals surface area contributed by atoms with Gasteiger partial charge in [0.1, 0.15) is 5.25 Å². The lowest BCUT2D eigenvalue weighted by molar-refractivity contribution is -0.159. The van der Waals surface area contributed by atoms with Crippen molar-refractivity contribution in [2.24, 2.45) is 0 Å². The van der Waals surface area contributed by atoms with Crippen LogP contribution in [0.25, 0.3) is 0 Å². The summed E-state index contributed by atoms with van der Waals surface area (Å²) in [5, 5.41) is 17.6. The van der Waals surface area contributed by atoms with Crippen LogP contribution in [0.2, 0.25) is 0 Å². The number of hydrogen-bond donors (Lipinski definition) is 3. The van der Waals surface area contributed by atoms with Crippen molar-refractivity contribution in [1.82, 2.24) is 0 Å². The van der Waals surface area contributed by atoms with Crippen molar-refractivity contribution in [3.63, 3.8) is 0 Å². The number of para-hydroxylation sites is 1. The number of fused-ring (bicyclic) bond motifs is 1. The zero-order valence-electron chi connectivity index (χ0n) is 11.8. The van der Waals surface area contributed by atoms with Crippen molar-refractivity contribution in [2.75, 3.05) is 5.32 Å². The van der Waals surface area contributed by atoms with Crippen LogP contribution in [-0.2, 0) is 14.4 Å². The van der Waals surface area contributed by atoms with Crippen LogP contribution in [-0.4, -0.2) is 28.1 Å². The molecular weight excluding hydrogens is 318 g/mol. The van der Waals surface area contributed by atoms with E-state index in [0.717, 1.165) is 16.1 Å². The number of rotatable bonds is 1. The number of thioether (sulfide) groups is 1. The molecule has 0 bridgehead atoms. The Morgan fingerprint density at radius 1 is 0.913 bits per heavy atom. The minimum atomic E-state index is -1.82. The molecule has 0 aliphatic carbocycles. The molecule has 1 aliphatic rings. The second-order valence-electron chi connectivity index (χ2n) is 4.50. The molecule has 23 heavy (non-hydrogen) atoms. The van der Waals surface area contributed by atoms with E-state index in [0.29, 0.717) is 0 Å². The van der Waals surface area contributed by atoms with Gasteiger partial charge in [0.15, 0.2) is 0 Å². The summed E-state index contributed by atoms with van der Waals surface area (Å²) in [6, 6.07) is 17.8. The molecule has 1 aliphatic heterocycles. The number of aliphatic carboxylic acids is 2. The van der Waals surface area contributed by atoms with E-state index < -0.39 is 11.9 Å². The Hall–Kier alpha value is -2.80. The summed E-state index contributed by atoms with van der Waals surface area (Å²) in [5.41, 5.74) is 1.96. The van der Waals surface area contributed by atoms with E-state index in [1.807, 2.05) is 54.6 Å². The number of hydrogen-bond acceptors (Lipinski definition) is 4. The third-order valence-electron chi connectivity index (χ3n) is 2.91. The summed E-state index contributed by atoms with van der Waals surface area (Å²) in [7, 11) is 0. The van der Waals surface area contributed by atoms with E-state index >= 15 is 0 Å². The highest BCUT2D eigenvalue weighted by Gasteiger charge is 2.27. The minimum Gasteiger partial charge on any atom is -0.473 e. The molecule has 2 aromatic rings. The quantitative estimate of drug-likeness (QED) is 0.694. The Morgan fingerprint density at radius 3 is 2.09 bits per heavy atom. The van der Waals surface area contributed by atoms with Crippen LogP contribution in [0.4, 0.5) is 5.69 Å². The van der Waals surface area contributed by atoms with Gasteiger partial charge in [0.2, 0.25) is 5.91 Å². The number of carbonyl (C=O) groups is 3. The number of benzene rings is 2. The molecule has 1 heterocycles. The van der Waals surface area contributed by atoms with E-state index in [4.69, 9.17) is 19.8 Å². The average Bonchev–Trinajstić information content (AvgIpc) is 2.55. The van der Waals surface area contributed by atoms with Gasteiger partial charge in [-0.1, -0.05) is 42.5 Å². The van der Waals surface area contributed by atoms with Crippen molar-refractivity contribution >= 4 is 35.3 Å². The molecule has 3 rings (SSSR count). The number of carbonyl (C=O) groups excluding carboxylic acids is 1. The van der Waals surface area contributed by atoms with Gasteiger partial charge in [-0.3, -0.25) is 4.79 Å². The molecule has 1 unspecified atom stereocenters. The molecule has 0 aromatic heterocycles. The first-order valence-electron chi connectivity index (χ1n) is 6.56. The first-order valence-corrected chi connectivity index (χ1v) is 7.44. The van der Waals surface area contributed by atoms with Crippen molar-refractivity contribution in [3.05, 3.63) is 60.2 Å². The van der Waals surface area contributed by atoms with Gasteiger partial charge < -0.3 is 15.5 Å². The molecule has 1 atom stereocenters. The molecule has 118 valence electrons. The van der Waals surface area contributed by atoms with Gasteiger partial charge in [0, 0.05) is 4.90 Å². The van der Waals surface area contributed by atoms with Crippen LogP contribution in [0.3, 0.4) is 0 Å². The third-order valence-corrected chi connectivity index (χ3v) is 4.25. The lowest BCUT2D eigenvalue weighted by Crippen LogP contribution is -2.22. The summed E-state index contributed by atoms with van der Waals surface area (Å²) in [6.07, 6.45) is 0. The lowest BCUT2D eigenvalue weighted by Gasteiger charge is -2.24. The second-order valence-corrected chi connectivity index (χ2v) is 5.65. The van der Waals surface area contributed by atoms with Gasteiger partial charge in [-0.15, -0.1) is 11.8 Å². The molecule has 0 fully saturated rings. The monoisotopic (exact) mass is 331 g/mol. The maximum Gasteiger partial charge on any atom is 0.414 e. The molecular formula is C16H13NO5S. The first kappa shape index (κ1) is 16.6. The average molecular weight is 331 g/mol. The summed E-state index contributed by atoms with van der Waals surface area (Å²) < 4.78 is 0. The number of nitrogens with one attached hydrogen (secondary N) is 1. The largest absolute Gasteiger partial charge is 0.473 e. The van der Waals surface area contributed by atoms with Gasteiger partial charge in [0.25, 0.3) is 0 Å². The molecule has 0 saturated heterocycles. The number of amides is 1. The smallest absolute Gasteiger partial charge is 0.414 e. The van der Waals surface area contributed by atoms with Gasteiger partial charge >= 0.3 is 11.9 Å². The fourth-order valence-electron chi connectivity index (χ4n) is 1.90. The van der Waals surface area contributed by atoms with Gasteiger partial charge in [-0.25, -0.2) is 9.59 Å². The molecule has 6 nitrogen and oxygen atoms in total. The summed E-state index contributed by atoms with van der Waals surface area (Å²) >= 11 is 1.61. The van der Waals surface area contributed by atoms with Crippen LogP contribution in [0, 0.1) is 0 Å². The molecule has 0 spiro atoms. The van der Waals surface area contributed by atoms with E-state index in [2.05, 4.69) is 5.32 Å². The van der Waals surface area contributed by atoms with Crippen molar-refractivity contribution in [1.29, 1.82) is 0 Å². The molecule has 2 aromatic carbocycles. The van der Waals surface area contributed by atoms with Crippen LogP contribution >= 0.6 is 11.8 Å². The normalized spacial score (nSPS) is 15.5. The van der Waals surface area contributed by atoms with Crippen LogP contribution < -0.4 is 5.32 Å². The predicted octanol–water partition coefficient (Wildman–Crippen LogP) is 2.63. The maximum absolute atomic E-state index is 12.0. The fraction of sp³-hybridized carbons (Fsp3) is 0.0625. The van der Waals surface area contributed by atoms with Crippen LogP contribution in [0.15, 0.2) is 59.5 Å². The topological polar surface area (TPSA) is 104 Å². The van der Waals surface area contributed by atoms with Crippen LogP contribution in [0.5, 0.6) is 0 Å². The van der Waals surface area contributed by atoms with Gasteiger partial charge in [-0.05, 0) is 17.7 Å². The summed E-state index contributed by atoms with van der Waals surface area (Å²) in [5.74, 6) is -3.59. The Kier molecular flexibility index (Phi) is 5.37. The standard InChI is InChI=1S/C14H11NOS.C2H2O4/c16-14-13(10-6-2-1-3-7-10)17-12-9-5-4-8-11(12)15-14;3-1(4)2(5)6/h1-9,13H,(H,15,16);(H,3,4)(H,5,6). The molecule has 1 amide bonds. The molecule has 3 N–H and O–H groups in total. The van der Waals surface area contributed by atoms with Gasteiger partial charge in [-0.2, -0.15) is 0 Å². The highest BCUT2D eigenvalue weighted by molar-refractivity contribution is 8.00. The summed E-state index contributed by atoms with van der Waals surface area (Å²) in [4.78, 5) is 31.4. The molecule has 0 radical (unpaired) electrons. The summed E-state index contributed by atoms with van der Waals surface area (Å²) in [6.45, 7) is 0. The third kappa shape index (κ3) is 4.33. The Morgan fingerprint density at radius 2 is 1.48 bits per heavy atom. The fourth-order valence-corrected chi connectivity index (χ4v) is 3.01. The second kappa shape index (κ2) is 7.46. The molecule has 0 saturated carbocycles. The van der Waals surface area contributed by atoms with E-state index in [1.165, 1.54) is 0 Å².